The van der Waals surface area contributed by atoms with Crippen molar-refractivity contribution in [2.75, 3.05) is 13.2 Å². The van der Waals surface area contributed by atoms with E-state index >= 15 is 0 Å². The van der Waals surface area contributed by atoms with Gasteiger partial charge in [0.15, 0.2) is 4.21 Å². The van der Waals surface area contributed by atoms with E-state index in [1.807, 2.05) is 6.92 Å². The van der Waals surface area contributed by atoms with Gasteiger partial charge in [-0.25, -0.2) is 13.1 Å². The van der Waals surface area contributed by atoms with Gasteiger partial charge in [-0.3, -0.25) is 4.79 Å². The van der Waals surface area contributed by atoms with Crippen LogP contribution in [0.5, 0.6) is 0 Å². The van der Waals surface area contributed by atoms with Crippen LogP contribution in [0.25, 0.3) is 0 Å². The first kappa shape index (κ1) is 16.4. The highest BCUT2D eigenvalue weighted by Gasteiger charge is 2.21. The van der Waals surface area contributed by atoms with Crippen molar-refractivity contribution in [3.63, 3.8) is 0 Å². The predicted octanol–water partition coefficient (Wildman–Crippen LogP) is 0.822. The molecule has 110 valence electrons. The summed E-state index contributed by atoms with van der Waals surface area (Å²) in [6.45, 7) is 3.90. The fraction of sp³-hybridized carbons (Fsp3) is 0.727. The number of thiazole rings is 1. The van der Waals surface area contributed by atoms with E-state index < -0.39 is 10.0 Å². The van der Waals surface area contributed by atoms with E-state index in [4.69, 9.17) is 5.11 Å². The smallest absolute Gasteiger partial charge is 0.305 e. The van der Waals surface area contributed by atoms with E-state index in [2.05, 4.69) is 9.71 Å². The normalized spacial score (nSPS) is 13.6. The summed E-state index contributed by atoms with van der Waals surface area (Å²) >= 11 is 0.689. The number of rotatable bonds is 8. The van der Waals surface area contributed by atoms with Crippen LogP contribution in [-0.2, 0) is 10.0 Å². The molecule has 8 heteroatoms. The van der Waals surface area contributed by atoms with Crippen molar-refractivity contribution in [1.29, 1.82) is 0 Å². The molecule has 0 aromatic carbocycles. The molecule has 0 spiro atoms. The maximum atomic E-state index is 12.1. The van der Waals surface area contributed by atoms with E-state index in [9.17, 15) is 13.2 Å². The maximum absolute atomic E-state index is 12.1. The molecule has 0 aliphatic heterocycles. The number of aliphatic hydroxyl groups is 1. The number of H-pyrrole nitrogens is 1. The third-order valence-corrected chi connectivity index (χ3v) is 5.85. The van der Waals surface area contributed by atoms with Gasteiger partial charge in [-0.1, -0.05) is 24.7 Å². The molecule has 0 saturated heterocycles. The van der Waals surface area contributed by atoms with Gasteiger partial charge in [-0.15, -0.1) is 0 Å². The molecule has 0 aliphatic rings. The lowest BCUT2D eigenvalue weighted by Crippen LogP contribution is -2.29. The second-order valence-corrected chi connectivity index (χ2v) is 7.39. The first-order valence-electron chi connectivity index (χ1n) is 6.21. The number of aryl methyl sites for hydroxylation is 1. The number of sulfonamides is 1. The van der Waals surface area contributed by atoms with E-state index in [-0.39, 0.29) is 28.2 Å². The molecule has 1 heterocycles. The van der Waals surface area contributed by atoms with E-state index in [1.54, 1.807) is 6.92 Å². The van der Waals surface area contributed by atoms with Gasteiger partial charge >= 0.3 is 4.87 Å². The van der Waals surface area contributed by atoms with Crippen LogP contribution in [0.15, 0.2) is 9.00 Å². The Hall–Kier alpha value is -0.700. The van der Waals surface area contributed by atoms with Crippen molar-refractivity contribution in [2.45, 2.75) is 37.3 Å². The van der Waals surface area contributed by atoms with Crippen molar-refractivity contribution in [1.82, 2.24) is 9.71 Å². The number of aliphatic hydroxyl groups excluding tert-OH is 1. The Balaban J connectivity index is 2.74. The SMILES string of the molecule is CCCC(CCO)CNS(=O)(=O)c1sc(=O)[nH]c1C. The van der Waals surface area contributed by atoms with Gasteiger partial charge < -0.3 is 10.1 Å². The largest absolute Gasteiger partial charge is 0.396 e. The third-order valence-electron chi connectivity index (χ3n) is 2.82. The molecule has 0 amide bonds. The summed E-state index contributed by atoms with van der Waals surface area (Å²) in [5, 5.41) is 8.94. The van der Waals surface area contributed by atoms with Crippen molar-refractivity contribution < 1.29 is 13.5 Å². The molecule has 3 N–H and O–H groups in total. The number of hydrogen-bond donors (Lipinski definition) is 3. The minimum atomic E-state index is -3.65. The van der Waals surface area contributed by atoms with Crippen LogP contribution in [0.1, 0.15) is 31.9 Å². The topological polar surface area (TPSA) is 99.3 Å². The standard InChI is InChI=1S/C11H20N2O4S2/c1-3-4-9(5-6-14)7-12-19(16,17)10-8(2)13-11(15)18-10/h9,12,14H,3-7H2,1-2H3,(H,13,15). The first-order chi connectivity index (χ1) is 8.90. The van der Waals surface area contributed by atoms with Crippen molar-refractivity contribution in [3.05, 3.63) is 15.4 Å². The molecule has 0 fully saturated rings. The zero-order valence-corrected chi connectivity index (χ0v) is 12.7. The third kappa shape index (κ3) is 4.72. The molecule has 1 aromatic rings. The van der Waals surface area contributed by atoms with Crippen LogP contribution in [0.2, 0.25) is 0 Å². The molecule has 0 saturated carbocycles. The molecular formula is C11H20N2O4S2. The minimum absolute atomic E-state index is 0.0387. The van der Waals surface area contributed by atoms with Crippen molar-refractivity contribution in [2.24, 2.45) is 5.92 Å². The minimum Gasteiger partial charge on any atom is -0.396 e. The average Bonchev–Trinajstić information content (AvgIpc) is 2.67. The lowest BCUT2D eigenvalue weighted by Gasteiger charge is -2.15. The lowest BCUT2D eigenvalue weighted by molar-refractivity contribution is 0.251. The van der Waals surface area contributed by atoms with Crippen LogP contribution in [-0.4, -0.2) is 31.7 Å². The highest BCUT2D eigenvalue weighted by atomic mass is 32.2. The summed E-state index contributed by atoms with van der Waals surface area (Å²) in [5.74, 6) is 0.112. The summed E-state index contributed by atoms with van der Waals surface area (Å²) in [5.41, 5.74) is 0.358. The van der Waals surface area contributed by atoms with E-state index in [1.165, 1.54) is 0 Å². The molecule has 0 bridgehead atoms. The highest BCUT2D eigenvalue weighted by Crippen LogP contribution is 2.17. The molecule has 0 radical (unpaired) electrons. The number of nitrogens with one attached hydrogen (secondary N) is 2. The molecule has 6 nitrogen and oxygen atoms in total. The van der Waals surface area contributed by atoms with Gasteiger partial charge in [0.1, 0.15) is 0 Å². The van der Waals surface area contributed by atoms with Gasteiger partial charge in [0.2, 0.25) is 0 Å². The summed E-state index contributed by atoms with van der Waals surface area (Å²) < 4.78 is 26.7. The van der Waals surface area contributed by atoms with E-state index in [0.717, 1.165) is 12.8 Å². The molecule has 1 unspecified atom stereocenters. The molecular weight excluding hydrogens is 288 g/mol. The second kappa shape index (κ2) is 7.18. The van der Waals surface area contributed by atoms with Gasteiger partial charge in [0.05, 0.1) is 0 Å². The Morgan fingerprint density at radius 2 is 2.11 bits per heavy atom. The molecule has 19 heavy (non-hydrogen) atoms. The number of aromatic nitrogens is 1. The van der Waals surface area contributed by atoms with Crippen LogP contribution in [0.3, 0.4) is 0 Å². The first-order valence-corrected chi connectivity index (χ1v) is 8.51. The fourth-order valence-corrected chi connectivity index (χ4v) is 4.34. The summed E-state index contributed by atoms with van der Waals surface area (Å²) in [6.07, 6.45) is 2.35. The molecule has 1 rings (SSSR count). The quantitative estimate of drug-likeness (QED) is 0.662. The highest BCUT2D eigenvalue weighted by molar-refractivity contribution is 7.91. The van der Waals surface area contributed by atoms with Crippen molar-refractivity contribution >= 4 is 21.4 Å². The zero-order chi connectivity index (χ0) is 14.5. The Morgan fingerprint density at radius 3 is 2.58 bits per heavy atom. The Kier molecular flexibility index (Phi) is 6.18. The average molecular weight is 308 g/mol. The van der Waals surface area contributed by atoms with Crippen LogP contribution >= 0.6 is 11.3 Å². The number of hydrogen-bond acceptors (Lipinski definition) is 5. The van der Waals surface area contributed by atoms with E-state index in [0.29, 0.717) is 23.5 Å². The Labute approximate surface area is 116 Å². The Bertz CT molecular complexity index is 541. The monoisotopic (exact) mass is 308 g/mol. The number of aromatic amines is 1. The zero-order valence-electron chi connectivity index (χ0n) is 11.1. The van der Waals surface area contributed by atoms with Crippen LogP contribution in [0.4, 0.5) is 0 Å². The van der Waals surface area contributed by atoms with Crippen LogP contribution < -0.4 is 9.60 Å². The Morgan fingerprint density at radius 1 is 1.42 bits per heavy atom. The molecule has 1 atom stereocenters. The maximum Gasteiger partial charge on any atom is 0.305 e. The van der Waals surface area contributed by atoms with Gasteiger partial charge in [-0.2, -0.15) is 0 Å². The summed E-state index contributed by atoms with van der Waals surface area (Å²) in [6, 6.07) is 0. The van der Waals surface area contributed by atoms with Crippen molar-refractivity contribution in [3.8, 4) is 0 Å². The van der Waals surface area contributed by atoms with Crippen LogP contribution in [0, 0.1) is 12.8 Å². The van der Waals surface area contributed by atoms with Gasteiger partial charge in [0, 0.05) is 18.8 Å². The molecule has 0 aliphatic carbocycles. The fourth-order valence-electron chi connectivity index (χ4n) is 1.88. The second-order valence-electron chi connectivity index (χ2n) is 4.45. The van der Waals surface area contributed by atoms with Gasteiger partial charge in [0.25, 0.3) is 10.0 Å². The molecule has 1 aromatic heterocycles. The predicted molar refractivity (Wildman–Crippen MR) is 75.0 cm³/mol. The summed E-state index contributed by atoms with van der Waals surface area (Å²) in [4.78, 5) is 13.2. The lowest BCUT2D eigenvalue weighted by atomic mass is 10.0. The van der Waals surface area contributed by atoms with Gasteiger partial charge in [-0.05, 0) is 25.7 Å². The summed E-state index contributed by atoms with van der Waals surface area (Å²) in [7, 11) is -3.65.